The minimum Gasteiger partial charge on any atom is -0.464 e. The average Bonchev–Trinajstić information content (AvgIpc) is 3.42. The quantitative estimate of drug-likeness (QED) is 0.309. The predicted molar refractivity (Wildman–Crippen MR) is 150 cm³/mol. The molecule has 4 heterocycles. The van der Waals surface area contributed by atoms with Gasteiger partial charge in [0.05, 0.1) is 29.2 Å². The van der Waals surface area contributed by atoms with Crippen LogP contribution in [0.5, 0.6) is 0 Å². The van der Waals surface area contributed by atoms with Crippen LogP contribution in [0.3, 0.4) is 0 Å². The highest BCUT2D eigenvalue weighted by molar-refractivity contribution is 6.19. The summed E-state index contributed by atoms with van der Waals surface area (Å²) in [5.74, 6) is -0.930. The van der Waals surface area contributed by atoms with E-state index in [0.717, 1.165) is 5.56 Å². The molecule has 3 aromatic heterocycles. The number of rotatable bonds is 8. The fraction of sp³-hybridized carbons (Fsp3) is 0.333. The van der Waals surface area contributed by atoms with Crippen molar-refractivity contribution >= 4 is 34.2 Å². The topological polar surface area (TPSA) is 91.9 Å². The van der Waals surface area contributed by atoms with Gasteiger partial charge in [-0.05, 0) is 56.7 Å². The zero-order chi connectivity index (χ0) is 28.6. The molecule has 5 rings (SSSR count). The average molecular weight is 546 g/mol. The van der Waals surface area contributed by atoms with E-state index in [4.69, 9.17) is 4.42 Å². The number of halogens is 1. The fourth-order valence-corrected chi connectivity index (χ4v) is 5.22. The van der Waals surface area contributed by atoms with Crippen LogP contribution in [-0.2, 0) is 29.2 Å². The highest BCUT2D eigenvalue weighted by Gasteiger charge is 2.45. The summed E-state index contributed by atoms with van der Waals surface area (Å²) < 4.78 is 21.5. The van der Waals surface area contributed by atoms with Crippen molar-refractivity contribution in [2.45, 2.75) is 40.4 Å². The highest BCUT2D eigenvalue weighted by Crippen LogP contribution is 2.39. The SMILES string of the molecule is CCN1C(=O)C(C)(C)C(=O)N(C)c2cc(CN(CCn3ccc4occc4c3=O)Cc3ccncc3F)ccc21. The second-order valence-corrected chi connectivity index (χ2v) is 10.6. The molecule has 40 heavy (non-hydrogen) atoms. The minimum atomic E-state index is -1.20. The molecule has 0 aliphatic carbocycles. The molecule has 208 valence electrons. The number of fused-ring (bicyclic) bond motifs is 2. The lowest BCUT2D eigenvalue weighted by molar-refractivity contribution is -0.137. The van der Waals surface area contributed by atoms with Gasteiger partial charge in [-0.3, -0.25) is 24.3 Å². The van der Waals surface area contributed by atoms with Gasteiger partial charge in [-0.1, -0.05) is 6.07 Å². The lowest BCUT2D eigenvalue weighted by Gasteiger charge is -2.27. The van der Waals surface area contributed by atoms with Crippen LogP contribution in [0.1, 0.15) is 31.9 Å². The molecule has 0 fully saturated rings. The number of anilines is 2. The maximum absolute atomic E-state index is 14.6. The Balaban J connectivity index is 1.46. The molecular weight excluding hydrogens is 513 g/mol. The predicted octanol–water partition coefficient (Wildman–Crippen LogP) is 4.19. The molecule has 0 saturated carbocycles. The Hall–Kier alpha value is -4.31. The van der Waals surface area contributed by atoms with Crippen molar-refractivity contribution in [3.05, 3.63) is 88.5 Å². The first-order chi connectivity index (χ1) is 19.1. The van der Waals surface area contributed by atoms with Crippen LogP contribution in [-0.4, -0.2) is 46.4 Å². The Bertz CT molecular complexity index is 1640. The van der Waals surface area contributed by atoms with Gasteiger partial charge in [0.15, 0.2) is 0 Å². The summed E-state index contributed by atoms with van der Waals surface area (Å²) in [5.41, 5.74) is 1.86. The summed E-state index contributed by atoms with van der Waals surface area (Å²) in [7, 11) is 1.68. The molecule has 2 amide bonds. The fourth-order valence-electron chi connectivity index (χ4n) is 5.22. The Morgan fingerprint density at radius 2 is 1.82 bits per heavy atom. The molecule has 0 atom stereocenters. The van der Waals surface area contributed by atoms with E-state index in [2.05, 4.69) is 4.98 Å². The second kappa shape index (κ2) is 10.7. The number of benzene rings is 1. The molecule has 0 radical (unpaired) electrons. The van der Waals surface area contributed by atoms with Crippen molar-refractivity contribution in [1.29, 1.82) is 0 Å². The molecule has 1 aliphatic heterocycles. The third kappa shape index (κ3) is 4.90. The maximum Gasteiger partial charge on any atom is 0.261 e. The summed E-state index contributed by atoms with van der Waals surface area (Å²) in [6.07, 6.45) is 5.92. The van der Waals surface area contributed by atoms with E-state index >= 15 is 0 Å². The van der Waals surface area contributed by atoms with Crippen LogP contribution in [0, 0.1) is 11.2 Å². The number of amides is 2. The van der Waals surface area contributed by atoms with Gasteiger partial charge >= 0.3 is 0 Å². The number of carbonyl (C=O) groups excluding carboxylic acids is 2. The Labute approximate surface area is 231 Å². The van der Waals surface area contributed by atoms with Gasteiger partial charge in [-0.25, -0.2) is 4.39 Å². The number of furan rings is 1. The highest BCUT2D eigenvalue weighted by atomic mass is 19.1. The molecule has 4 aromatic rings. The summed E-state index contributed by atoms with van der Waals surface area (Å²) in [6.45, 7) is 7.15. The van der Waals surface area contributed by atoms with Crippen molar-refractivity contribution < 1.29 is 18.4 Å². The molecule has 0 saturated heterocycles. The maximum atomic E-state index is 14.6. The summed E-state index contributed by atoms with van der Waals surface area (Å²) >= 11 is 0. The lowest BCUT2D eigenvalue weighted by Crippen LogP contribution is -2.47. The molecule has 1 aromatic carbocycles. The number of hydrogen-bond donors (Lipinski definition) is 0. The smallest absolute Gasteiger partial charge is 0.261 e. The number of aromatic nitrogens is 2. The molecule has 1 aliphatic rings. The molecule has 0 spiro atoms. The van der Waals surface area contributed by atoms with E-state index in [0.29, 0.717) is 54.1 Å². The zero-order valence-electron chi connectivity index (χ0n) is 23.1. The number of pyridine rings is 2. The first-order valence-corrected chi connectivity index (χ1v) is 13.2. The monoisotopic (exact) mass is 545 g/mol. The Kier molecular flexibility index (Phi) is 7.29. The van der Waals surface area contributed by atoms with Crippen molar-refractivity contribution in [2.75, 3.05) is 29.9 Å². The summed E-state index contributed by atoms with van der Waals surface area (Å²) in [5, 5.41) is 0.505. The first kappa shape index (κ1) is 27.3. The second-order valence-electron chi connectivity index (χ2n) is 10.6. The zero-order valence-corrected chi connectivity index (χ0v) is 23.1. The van der Waals surface area contributed by atoms with E-state index in [1.165, 1.54) is 12.5 Å². The van der Waals surface area contributed by atoms with Gasteiger partial charge in [-0.15, -0.1) is 0 Å². The van der Waals surface area contributed by atoms with E-state index in [9.17, 15) is 18.8 Å². The van der Waals surface area contributed by atoms with Crippen molar-refractivity contribution in [1.82, 2.24) is 14.5 Å². The minimum absolute atomic E-state index is 0.154. The number of nitrogens with zero attached hydrogens (tertiary/aromatic N) is 5. The van der Waals surface area contributed by atoms with Crippen molar-refractivity contribution in [3.63, 3.8) is 0 Å². The van der Waals surface area contributed by atoms with Gasteiger partial charge in [0.25, 0.3) is 5.56 Å². The van der Waals surface area contributed by atoms with Gasteiger partial charge in [0, 0.05) is 57.7 Å². The molecule has 9 nitrogen and oxygen atoms in total. The molecule has 10 heteroatoms. The Morgan fingerprint density at radius 1 is 1.02 bits per heavy atom. The van der Waals surface area contributed by atoms with Crippen LogP contribution in [0.2, 0.25) is 0 Å². The first-order valence-electron chi connectivity index (χ1n) is 13.2. The molecular formula is C30H32FN5O4. The van der Waals surface area contributed by atoms with Crippen LogP contribution >= 0.6 is 0 Å². The largest absolute Gasteiger partial charge is 0.464 e. The molecule has 0 bridgehead atoms. The molecule has 0 unspecified atom stereocenters. The van der Waals surface area contributed by atoms with Gasteiger partial charge in [0.1, 0.15) is 16.8 Å². The van der Waals surface area contributed by atoms with Crippen LogP contribution in [0.4, 0.5) is 15.8 Å². The normalized spacial score (nSPS) is 15.2. The third-order valence-corrected chi connectivity index (χ3v) is 7.53. The van der Waals surface area contributed by atoms with Gasteiger partial charge in [0.2, 0.25) is 11.8 Å². The van der Waals surface area contributed by atoms with Gasteiger partial charge in [-0.2, -0.15) is 0 Å². The molecule has 0 N–H and O–H groups in total. The van der Waals surface area contributed by atoms with Gasteiger partial charge < -0.3 is 18.8 Å². The van der Waals surface area contributed by atoms with Crippen LogP contribution in [0.15, 0.2) is 70.5 Å². The van der Waals surface area contributed by atoms with E-state index in [-0.39, 0.29) is 23.9 Å². The summed E-state index contributed by atoms with van der Waals surface area (Å²) in [4.78, 5) is 48.5. The van der Waals surface area contributed by atoms with E-state index in [1.54, 1.807) is 65.9 Å². The number of hydrogen-bond acceptors (Lipinski definition) is 6. The third-order valence-electron chi connectivity index (χ3n) is 7.53. The van der Waals surface area contributed by atoms with Crippen molar-refractivity contribution in [2.24, 2.45) is 5.41 Å². The van der Waals surface area contributed by atoms with Crippen molar-refractivity contribution in [3.8, 4) is 0 Å². The van der Waals surface area contributed by atoms with E-state index < -0.39 is 11.2 Å². The van der Waals surface area contributed by atoms with Crippen LogP contribution in [0.25, 0.3) is 11.0 Å². The van der Waals surface area contributed by atoms with E-state index in [1.807, 2.05) is 30.0 Å². The lowest BCUT2D eigenvalue weighted by atomic mass is 9.90. The summed E-state index contributed by atoms with van der Waals surface area (Å²) in [6, 6.07) is 10.7. The standard InChI is InChI=1S/C30H32FN5O4/c1-5-36-24-7-6-20(16-25(24)33(4)28(38)30(2,3)29(36)39)18-34(19-21-8-11-32-17-23(21)31)13-14-35-12-9-26-22(27(35)37)10-15-40-26/h6-12,15-17H,5,13-14,18-19H2,1-4H3. The number of carbonyl (C=O) groups is 2. The van der Waals surface area contributed by atoms with Crippen LogP contribution < -0.4 is 15.4 Å². The Morgan fingerprint density at radius 3 is 2.58 bits per heavy atom.